The van der Waals surface area contributed by atoms with Gasteiger partial charge in [-0.15, -0.1) is 0 Å². The van der Waals surface area contributed by atoms with E-state index >= 15 is 0 Å². The summed E-state index contributed by atoms with van der Waals surface area (Å²) in [6, 6.07) is 10.1. The van der Waals surface area contributed by atoms with Crippen molar-refractivity contribution in [3.63, 3.8) is 0 Å². The van der Waals surface area contributed by atoms with Gasteiger partial charge in [0.05, 0.1) is 16.0 Å². The van der Waals surface area contributed by atoms with Gasteiger partial charge >= 0.3 is 0 Å². The van der Waals surface area contributed by atoms with E-state index in [1.807, 2.05) is 0 Å². The Bertz CT molecular complexity index is 651. The molecule has 0 saturated carbocycles. The molecule has 0 heterocycles. The van der Waals surface area contributed by atoms with Gasteiger partial charge in [0.2, 0.25) is 0 Å². The third kappa shape index (κ3) is 4.06. The predicted molar refractivity (Wildman–Crippen MR) is 75.5 cm³/mol. The van der Waals surface area contributed by atoms with Crippen LogP contribution in [0.3, 0.4) is 0 Å². The summed E-state index contributed by atoms with van der Waals surface area (Å²) < 4.78 is 24.1. The standard InChI is InChI=1S/C14H11ClFNO4/c15-11-3-1-2-4-13(11)20-7-8-21-14-6-5-10(17(18)19)9-12(14)16/h1-6,9H,7-8H2. The van der Waals surface area contributed by atoms with Gasteiger partial charge in [0.25, 0.3) is 5.69 Å². The van der Waals surface area contributed by atoms with Crippen LogP contribution in [-0.2, 0) is 0 Å². The van der Waals surface area contributed by atoms with Gasteiger partial charge in [0, 0.05) is 6.07 Å². The van der Waals surface area contributed by atoms with Crippen LogP contribution in [0.5, 0.6) is 11.5 Å². The molecule has 0 spiro atoms. The lowest BCUT2D eigenvalue weighted by molar-refractivity contribution is -0.385. The fourth-order valence-electron chi connectivity index (χ4n) is 1.59. The maximum Gasteiger partial charge on any atom is 0.272 e. The maximum atomic E-state index is 13.5. The zero-order valence-corrected chi connectivity index (χ0v) is 11.5. The molecule has 7 heteroatoms. The first-order chi connectivity index (χ1) is 10.1. The molecule has 2 aromatic carbocycles. The summed E-state index contributed by atoms with van der Waals surface area (Å²) in [5.41, 5.74) is -0.327. The molecule has 0 aliphatic rings. The van der Waals surface area contributed by atoms with E-state index in [2.05, 4.69) is 0 Å². The van der Waals surface area contributed by atoms with Crippen LogP contribution in [0, 0.1) is 15.9 Å². The van der Waals surface area contributed by atoms with Crippen LogP contribution in [0.4, 0.5) is 10.1 Å². The topological polar surface area (TPSA) is 61.6 Å². The Hall–Kier alpha value is -2.34. The van der Waals surface area contributed by atoms with E-state index in [0.29, 0.717) is 10.8 Å². The van der Waals surface area contributed by atoms with Crippen molar-refractivity contribution >= 4 is 17.3 Å². The Kier molecular flexibility index (Phi) is 4.94. The summed E-state index contributed by atoms with van der Waals surface area (Å²) >= 11 is 5.90. The molecule has 0 unspecified atom stereocenters. The zero-order chi connectivity index (χ0) is 15.2. The fraction of sp³-hybridized carbons (Fsp3) is 0.143. The van der Waals surface area contributed by atoms with Crippen LogP contribution in [-0.4, -0.2) is 18.1 Å². The van der Waals surface area contributed by atoms with Gasteiger partial charge in [0.15, 0.2) is 11.6 Å². The number of nitro groups is 1. The van der Waals surface area contributed by atoms with Crippen molar-refractivity contribution < 1.29 is 18.8 Å². The Labute approximate surface area is 125 Å². The largest absolute Gasteiger partial charge is 0.488 e. The number of para-hydroxylation sites is 1. The molecular weight excluding hydrogens is 301 g/mol. The molecule has 0 radical (unpaired) electrons. The average Bonchev–Trinajstić information content (AvgIpc) is 2.46. The Morgan fingerprint density at radius 3 is 2.38 bits per heavy atom. The summed E-state index contributed by atoms with van der Waals surface area (Å²) in [4.78, 5) is 9.81. The molecule has 0 N–H and O–H groups in total. The molecule has 2 rings (SSSR count). The molecule has 21 heavy (non-hydrogen) atoms. The molecule has 0 atom stereocenters. The summed E-state index contributed by atoms with van der Waals surface area (Å²) in [6.07, 6.45) is 0. The van der Waals surface area contributed by atoms with Gasteiger partial charge in [-0.3, -0.25) is 10.1 Å². The molecule has 0 aliphatic carbocycles. The predicted octanol–water partition coefficient (Wildman–Crippen LogP) is 3.85. The van der Waals surface area contributed by atoms with E-state index in [1.54, 1.807) is 24.3 Å². The van der Waals surface area contributed by atoms with Gasteiger partial charge < -0.3 is 9.47 Å². The van der Waals surface area contributed by atoms with Crippen molar-refractivity contribution in [1.82, 2.24) is 0 Å². The highest BCUT2D eigenvalue weighted by atomic mass is 35.5. The van der Waals surface area contributed by atoms with Crippen LogP contribution < -0.4 is 9.47 Å². The number of hydrogen-bond donors (Lipinski definition) is 0. The smallest absolute Gasteiger partial charge is 0.272 e. The second kappa shape index (κ2) is 6.90. The lowest BCUT2D eigenvalue weighted by Gasteiger charge is -2.09. The van der Waals surface area contributed by atoms with Crippen molar-refractivity contribution in [2.75, 3.05) is 13.2 Å². The van der Waals surface area contributed by atoms with E-state index < -0.39 is 10.7 Å². The summed E-state index contributed by atoms with van der Waals surface area (Å²) in [7, 11) is 0. The average molecular weight is 312 g/mol. The van der Waals surface area contributed by atoms with Crippen LogP contribution in [0.25, 0.3) is 0 Å². The minimum absolute atomic E-state index is 0.0663. The van der Waals surface area contributed by atoms with Crippen molar-refractivity contribution in [2.45, 2.75) is 0 Å². The highest BCUT2D eigenvalue weighted by molar-refractivity contribution is 6.32. The number of nitro benzene ring substituents is 1. The summed E-state index contributed by atoms with van der Waals surface area (Å²) in [5.74, 6) is -0.350. The van der Waals surface area contributed by atoms with E-state index in [9.17, 15) is 14.5 Å². The highest BCUT2D eigenvalue weighted by Gasteiger charge is 2.11. The molecule has 0 bridgehead atoms. The molecule has 110 valence electrons. The molecule has 0 aromatic heterocycles. The number of benzene rings is 2. The van der Waals surface area contributed by atoms with Crippen LogP contribution >= 0.6 is 11.6 Å². The minimum Gasteiger partial charge on any atom is -0.488 e. The quantitative estimate of drug-likeness (QED) is 0.462. The first-order valence-electron chi connectivity index (χ1n) is 6.02. The number of nitrogens with zero attached hydrogens (tertiary/aromatic N) is 1. The maximum absolute atomic E-state index is 13.5. The zero-order valence-electron chi connectivity index (χ0n) is 10.8. The second-order valence-corrected chi connectivity index (χ2v) is 4.41. The number of hydrogen-bond acceptors (Lipinski definition) is 4. The molecule has 0 amide bonds. The molecule has 0 fully saturated rings. The Balaban J connectivity index is 1.87. The SMILES string of the molecule is O=[N+]([O-])c1ccc(OCCOc2ccccc2Cl)c(F)c1. The lowest BCUT2D eigenvalue weighted by atomic mass is 10.3. The molecule has 0 saturated heterocycles. The van der Waals surface area contributed by atoms with E-state index in [0.717, 1.165) is 6.07 Å². The number of non-ortho nitro benzene ring substituents is 1. The van der Waals surface area contributed by atoms with E-state index in [1.165, 1.54) is 12.1 Å². The lowest BCUT2D eigenvalue weighted by Crippen LogP contribution is -2.10. The highest BCUT2D eigenvalue weighted by Crippen LogP contribution is 2.24. The Morgan fingerprint density at radius 2 is 1.76 bits per heavy atom. The number of rotatable bonds is 6. The summed E-state index contributed by atoms with van der Waals surface area (Å²) in [6.45, 7) is 0.250. The first-order valence-corrected chi connectivity index (χ1v) is 6.40. The van der Waals surface area contributed by atoms with Crippen LogP contribution in [0.2, 0.25) is 5.02 Å². The van der Waals surface area contributed by atoms with Gasteiger partial charge in [-0.2, -0.15) is 0 Å². The number of halogens is 2. The molecule has 0 aliphatic heterocycles. The van der Waals surface area contributed by atoms with Crippen molar-refractivity contribution in [3.8, 4) is 11.5 Å². The normalized spacial score (nSPS) is 10.2. The van der Waals surface area contributed by atoms with Crippen molar-refractivity contribution in [2.24, 2.45) is 0 Å². The van der Waals surface area contributed by atoms with Crippen molar-refractivity contribution in [3.05, 3.63) is 63.4 Å². The van der Waals surface area contributed by atoms with Crippen molar-refractivity contribution in [1.29, 1.82) is 0 Å². The van der Waals surface area contributed by atoms with Gasteiger partial charge in [0.1, 0.15) is 19.0 Å². The van der Waals surface area contributed by atoms with Gasteiger partial charge in [-0.05, 0) is 18.2 Å². The van der Waals surface area contributed by atoms with Crippen LogP contribution in [0.15, 0.2) is 42.5 Å². The minimum atomic E-state index is -0.790. The molecular formula is C14H11ClFNO4. The Morgan fingerprint density at radius 1 is 1.10 bits per heavy atom. The van der Waals surface area contributed by atoms with Crippen LogP contribution in [0.1, 0.15) is 0 Å². The third-order valence-corrected chi connectivity index (χ3v) is 2.87. The van der Waals surface area contributed by atoms with E-state index in [4.69, 9.17) is 21.1 Å². The first kappa shape index (κ1) is 15.1. The molecule has 2 aromatic rings. The van der Waals surface area contributed by atoms with Gasteiger partial charge in [-0.25, -0.2) is 4.39 Å². The monoisotopic (exact) mass is 311 g/mol. The number of ether oxygens (including phenoxy) is 2. The fourth-order valence-corrected chi connectivity index (χ4v) is 1.78. The molecule has 5 nitrogen and oxygen atoms in total. The summed E-state index contributed by atoms with van der Waals surface area (Å²) in [5, 5.41) is 11.0. The van der Waals surface area contributed by atoms with Gasteiger partial charge in [-0.1, -0.05) is 23.7 Å². The second-order valence-electron chi connectivity index (χ2n) is 4.00. The van der Waals surface area contributed by atoms with E-state index in [-0.39, 0.29) is 24.7 Å². The third-order valence-electron chi connectivity index (χ3n) is 2.56.